The lowest BCUT2D eigenvalue weighted by molar-refractivity contribution is -0.133. The molecule has 0 spiro atoms. The maximum Gasteiger partial charge on any atom is 0.355 e. The molecule has 1 amide bonds. The van der Waals surface area contributed by atoms with Gasteiger partial charge in [-0.05, 0) is 12.3 Å². The molecule has 136 valence electrons. The van der Waals surface area contributed by atoms with E-state index in [-0.39, 0.29) is 24.1 Å². The first-order valence-corrected chi connectivity index (χ1v) is 8.41. The number of carbonyl (C=O) groups excluding carboxylic acids is 2. The number of nitrogens with one attached hydrogen (secondary N) is 1. The van der Waals surface area contributed by atoms with Crippen LogP contribution in [0.5, 0.6) is 0 Å². The Morgan fingerprint density at radius 3 is 2.71 bits per heavy atom. The minimum absolute atomic E-state index is 0.143. The van der Waals surface area contributed by atoms with E-state index in [1.807, 2.05) is 0 Å². The first-order chi connectivity index (χ1) is 11.5. The van der Waals surface area contributed by atoms with Crippen LogP contribution in [-0.2, 0) is 23.9 Å². The predicted molar refractivity (Wildman–Crippen MR) is 87.6 cm³/mol. The lowest BCUT2D eigenvalue weighted by Crippen LogP contribution is -2.50. The van der Waals surface area contributed by atoms with Crippen LogP contribution in [0.15, 0.2) is 5.16 Å². The number of rotatable bonds is 7. The molecular weight excluding hydrogens is 314 g/mol. The van der Waals surface area contributed by atoms with Gasteiger partial charge in [-0.25, -0.2) is 4.79 Å². The molecule has 2 aliphatic rings. The van der Waals surface area contributed by atoms with E-state index in [4.69, 9.17) is 9.57 Å². The molecule has 2 unspecified atom stereocenters. The van der Waals surface area contributed by atoms with Crippen LogP contribution in [0, 0.1) is 5.92 Å². The Balaban J connectivity index is 1.82. The lowest BCUT2D eigenvalue weighted by atomic mass is 10.0. The number of amides is 1. The molecule has 1 fully saturated rings. The third-order valence-corrected chi connectivity index (χ3v) is 4.20. The maximum absolute atomic E-state index is 12.3. The van der Waals surface area contributed by atoms with Crippen LogP contribution in [0.3, 0.4) is 0 Å². The van der Waals surface area contributed by atoms with Crippen molar-refractivity contribution in [2.24, 2.45) is 11.1 Å². The summed E-state index contributed by atoms with van der Waals surface area (Å²) in [7, 11) is 1.27. The van der Waals surface area contributed by atoms with E-state index in [0.717, 1.165) is 32.7 Å². The normalized spacial score (nSPS) is 22.7. The quantitative estimate of drug-likeness (QED) is 0.664. The second-order valence-corrected chi connectivity index (χ2v) is 6.50. The Kier molecular flexibility index (Phi) is 6.99. The lowest BCUT2D eigenvalue weighted by Gasteiger charge is -2.35. The third kappa shape index (κ3) is 5.17. The number of hydrogen-bond acceptors (Lipinski definition) is 7. The van der Waals surface area contributed by atoms with Gasteiger partial charge in [0.25, 0.3) is 5.91 Å². The molecule has 0 aromatic rings. The fourth-order valence-electron chi connectivity index (χ4n) is 2.94. The fourth-order valence-corrected chi connectivity index (χ4v) is 2.94. The van der Waals surface area contributed by atoms with Crippen molar-refractivity contribution < 1.29 is 23.9 Å². The van der Waals surface area contributed by atoms with Crippen molar-refractivity contribution in [2.45, 2.75) is 38.8 Å². The molecule has 0 aromatic heterocycles. The van der Waals surface area contributed by atoms with Crippen LogP contribution in [0.25, 0.3) is 0 Å². The van der Waals surface area contributed by atoms with E-state index in [0.29, 0.717) is 12.5 Å². The van der Waals surface area contributed by atoms with Crippen molar-refractivity contribution in [2.75, 3.05) is 40.0 Å². The maximum atomic E-state index is 12.3. The molecule has 8 heteroatoms. The highest BCUT2D eigenvalue weighted by Crippen LogP contribution is 2.15. The number of methoxy groups -OCH3 is 1. The van der Waals surface area contributed by atoms with Crippen molar-refractivity contribution in [1.82, 2.24) is 10.2 Å². The summed E-state index contributed by atoms with van der Waals surface area (Å²) in [4.78, 5) is 31.1. The molecule has 0 bridgehead atoms. The third-order valence-electron chi connectivity index (χ3n) is 4.20. The van der Waals surface area contributed by atoms with E-state index in [2.05, 4.69) is 34.0 Å². The summed E-state index contributed by atoms with van der Waals surface area (Å²) >= 11 is 0. The van der Waals surface area contributed by atoms with Gasteiger partial charge in [-0.2, -0.15) is 0 Å². The molecule has 2 heterocycles. The van der Waals surface area contributed by atoms with Crippen molar-refractivity contribution in [3.8, 4) is 0 Å². The number of oxime groups is 1. The van der Waals surface area contributed by atoms with Crippen LogP contribution >= 0.6 is 0 Å². The Hall–Kier alpha value is -1.67. The van der Waals surface area contributed by atoms with Crippen LogP contribution in [0.2, 0.25) is 0 Å². The van der Waals surface area contributed by atoms with Crippen LogP contribution in [0.1, 0.15) is 26.7 Å². The van der Waals surface area contributed by atoms with Gasteiger partial charge in [0.15, 0.2) is 5.71 Å². The second kappa shape index (κ2) is 8.98. The summed E-state index contributed by atoms with van der Waals surface area (Å²) in [5, 5.41) is 6.56. The summed E-state index contributed by atoms with van der Waals surface area (Å²) in [6.07, 6.45) is 0.379. The van der Waals surface area contributed by atoms with Crippen molar-refractivity contribution in [1.29, 1.82) is 0 Å². The molecule has 2 aliphatic heterocycles. The highest BCUT2D eigenvalue weighted by molar-refractivity contribution is 6.37. The minimum Gasteiger partial charge on any atom is -0.464 e. The minimum atomic E-state index is -0.761. The van der Waals surface area contributed by atoms with Crippen molar-refractivity contribution in [3.05, 3.63) is 0 Å². The molecule has 2 rings (SSSR count). The van der Waals surface area contributed by atoms with E-state index in [1.165, 1.54) is 7.11 Å². The summed E-state index contributed by atoms with van der Waals surface area (Å²) in [5.41, 5.74) is 0.143. The monoisotopic (exact) mass is 341 g/mol. The topological polar surface area (TPSA) is 89.5 Å². The van der Waals surface area contributed by atoms with Gasteiger partial charge >= 0.3 is 5.97 Å². The average molecular weight is 341 g/mol. The number of hydrogen-bond donors (Lipinski definition) is 1. The summed E-state index contributed by atoms with van der Waals surface area (Å²) in [5.74, 6) is -0.275. The summed E-state index contributed by atoms with van der Waals surface area (Å²) < 4.78 is 9.98. The largest absolute Gasteiger partial charge is 0.464 e. The number of esters is 1. The van der Waals surface area contributed by atoms with Gasteiger partial charge in [0, 0.05) is 32.1 Å². The van der Waals surface area contributed by atoms with Crippen molar-refractivity contribution >= 4 is 17.6 Å². The molecule has 2 atom stereocenters. The first-order valence-electron chi connectivity index (χ1n) is 8.41. The Bertz CT molecular complexity index is 474. The number of morpholine rings is 1. The summed E-state index contributed by atoms with van der Waals surface area (Å²) in [6, 6.07) is 0.264. The van der Waals surface area contributed by atoms with Crippen LogP contribution in [0.4, 0.5) is 0 Å². The van der Waals surface area contributed by atoms with E-state index >= 15 is 0 Å². The fraction of sp³-hybridized carbons (Fsp3) is 0.812. The van der Waals surface area contributed by atoms with Gasteiger partial charge in [-0.1, -0.05) is 19.0 Å². The molecule has 0 saturated carbocycles. The summed E-state index contributed by atoms with van der Waals surface area (Å²) in [6.45, 7) is 8.10. The average Bonchev–Trinajstić information content (AvgIpc) is 3.08. The Morgan fingerprint density at radius 2 is 2.08 bits per heavy atom. The standard InChI is InChI=1S/C16H27N3O5/c1-11(2)8-12(19-4-6-23-7-5-19)10-17-15(20)14-9-13(18-24-14)16(21)22-3/h11-12,14H,4-10H2,1-3H3,(H,17,20). The predicted octanol–water partition coefficient (Wildman–Crippen LogP) is 0.167. The SMILES string of the molecule is COC(=O)C1=NOC(C(=O)NCC(CC(C)C)N2CCOCC2)C1. The Labute approximate surface area is 142 Å². The van der Waals surface area contributed by atoms with Gasteiger partial charge in [0.05, 0.1) is 20.3 Å². The van der Waals surface area contributed by atoms with Gasteiger partial charge < -0.3 is 19.6 Å². The molecule has 1 N–H and O–H groups in total. The molecule has 0 aromatic carbocycles. The Morgan fingerprint density at radius 1 is 1.38 bits per heavy atom. The highest BCUT2D eigenvalue weighted by Gasteiger charge is 2.32. The molecule has 24 heavy (non-hydrogen) atoms. The number of ether oxygens (including phenoxy) is 2. The molecule has 0 radical (unpaired) electrons. The van der Waals surface area contributed by atoms with Crippen LogP contribution < -0.4 is 5.32 Å². The second-order valence-electron chi connectivity index (χ2n) is 6.50. The zero-order valence-electron chi connectivity index (χ0n) is 14.6. The van der Waals surface area contributed by atoms with Crippen molar-refractivity contribution in [3.63, 3.8) is 0 Å². The van der Waals surface area contributed by atoms with E-state index in [1.54, 1.807) is 0 Å². The zero-order chi connectivity index (χ0) is 17.5. The molecule has 0 aliphatic carbocycles. The first kappa shape index (κ1) is 18.7. The number of nitrogens with zero attached hydrogens (tertiary/aromatic N) is 2. The number of carbonyl (C=O) groups is 2. The van der Waals surface area contributed by atoms with E-state index < -0.39 is 12.1 Å². The smallest absolute Gasteiger partial charge is 0.355 e. The molecule has 1 saturated heterocycles. The van der Waals surface area contributed by atoms with E-state index in [9.17, 15) is 9.59 Å². The molecule has 8 nitrogen and oxygen atoms in total. The van der Waals surface area contributed by atoms with Gasteiger partial charge in [-0.3, -0.25) is 9.69 Å². The van der Waals surface area contributed by atoms with Gasteiger partial charge in [-0.15, -0.1) is 0 Å². The van der Waals surface area contributed by atoms with Gasteiger partial charge in [0.1, 0.15) is 0 Å². The highest BCUT2D eigenvalue weighted by atomic mass is 16.7. The zero-order valence-corrected chi connectivity index (χ0v) is 14.6. The van der Waals surface area contributed by atoms with Crippen LogP contribution in [-0.4, -0.2) is 74.6 Å². The van der Waals surface area contributed by atoms with Gasteiger partial charge in [0.2, 0.25) is 6.10 Å². The molecular formula is C16H27N3O5.